The third kappa shape index (κ3) is 3.88. The molecule has 4 aromatic heterocycles. The predicted molar refractivity (Wildman–Crippen MR) is 132 cm³/mol. The van der Waals surface area contributed by atoms with Gasteiger partial charge in [0, 0.05) is 29.0 Å². The van der Waals surface area contributed by atoms with Gasteiger partial charge in [0.15, 0.2) is 17.2 Å². The van der Waals surface area contributed by atoms with E-state index in [1.54, 1.807) is 11.6 Å². The maximum Gasteiger partial charge on any atom is 0.197 e. The summed E-state index contributed by atoms with van der Waals surface area (Å²) in [5.74, 6) is 2.21. The molecule has 35 heavy (non-hydrogen) atoms. The first-order chi connectivity index (χ1) is 17.0. The van der Waals surface area contributed by atoms with Gasteiger partial charge in [-0.25, -0.2) is 13.9 Å². The number of aromatic amines is 1. The van der Waals surface area contributed by atoms with Gasteiger partial charge in [0.05, 0.1) is 43.4 Å². The van der Waals surface area contributed by atoms with Crippen molar-refractivity contribution in [2.75, 3.05) is 20.3 Å². The van der Waals surface area contributed by atoms with Crippen molar-refractivity contribution < 1.29 is 13.9 Å². The van der Waals surface area contributed by atoms with Crippen LogP contribution in [0.2, 0.25) is 0 Å². The van der Waals surface area contributed by atoms with Gasteiger partial charge in [0.1, 0.15) is 6.33 Å². The Bertz CT molecular complexity index is 1370. The van der Waals surface area contributed by atoms with E-state index in [4.69, 9.17) is 9.47 Å². The van der Waals surface area contributed by atoms with Crippen LogP contribution in [0.15, 0.2) is 24.8 Å². The average Bonchev–Trinajstić information content (AvgIpc) is 3.47. The first-order valence-electron chi connectivity index (χ1n) is 12.7. The van der Waals surface area contributed by atoms with E-state index in [2.05, 4.69) is 33.9 Å². The highest BCUT2D eigenvalue weighted by molar-refractivity contribution is 5.92. The number of hydrogen-bond donors (Lipinski definition) is 1. The molecule has 7 nitrogen and oxygen atoms in total. The smallest absolute Gasteiger partial charge is 0.197 e. The highest BCUT2D eigenvalue weighted by atomic mass is 19.1. The zero-order valence-electron chi connectivity index (χ0n) is 20.6. The Kier molecular flexibility index (Phi) is 5.71. The standard InChI is InChI=1S/C27H32FN5O2/c1-15(2)22-23-20(32-25(22)19-9-21(34-3)27-30-14-31-33(27)11-19)10-29-26(24(23)28)18-6-4-16(5-7-18)8-17-12-35-13-17/h9-11,14-18,32H,4-8,12-13H2,1-3H3. The van der Waals surface area contributed by atoms with Crippen LogP contribution < -0.4 is 4.74 Å². The fraction of sp³-hybridized carbons (Fsp3) is 0.519. The molecule has 0 spiro atoms. The Morgan fingerprint density at radius 1 is 1.17 bits per heavy atom. The van der Waals surface area contributed by atoms with E-state index in [1.807, 2.05) is 18.5 Å². The van der Waals surface area contributed by atoms with Crippen LogP contribution in [0.5, 0.6) is 5.75 Å². The monoisotopic (exact) mass is 477 g/mol. The molecule has 1 N–H and O–H groups in total. The van der Waals surface area contributed by atoms with E-state index in [9.17, 15) is 0 Å². The fourth-order valence-electron chi connectivity index (χ4n) is 6.02. The Labute approximate surface area is 204 Å². The lowest BCUT2D eigenvalue weighted by molar-refractivity contribution is -0.0448. The number of hydrogen-bond acceptors (Lipinski definition) is 5. The molecule has 1 aliphatic heterocycles. The number of methoxy groups -OCH3 is 1. The number of aromatic nitrogens is 5. The summed E-state index contributed by atoms with van der Waals surface area (Å²) < 4.78 is 28.8. The Balaban J connectivity index is 1.37. The number of ether oxygens (including phenoxy) is 2. The van der Waals surface area contributed by atoms with Crippen molar-refractivity contribution in [3.8, 4) is 17.0 Å². The number of fused-ring (bicyclic) bond motifs is 2. The molecular formula is C27H32FN5O2. The maximum atomic E-state index is 16.2. The molecule has 8 heteroatoms. The van der Waals surface area contributed by atoms with Crippen molar-refractivity contribution in [1.29, 1.82) is 0 Å². The Morgan fingerprint density at radius 3 is 2.66 bits per heavy atom. The van der Waals surface area contributed by atoms with E-state index in [0.29, 0.717) is 22.5 Å². The molecule has 2 fully saturated rings. The fourth-order valence-corrected chi connectivity index (χ4v) is 6.02. The molecule has 4 aromatic rings. The molecule has 2 aliphatic rings. The second-order valence-electron chi connectivity index (χ2n) is 10.5. The summed E-state index contributed by atoms with van der Waals surface area (Å²) in [5.41, 5.74) is 4.70. The topological polar surface area (TPSA) is 77.3 Å². The predicted octanol–water partition coefficient (Wildman–Crippen LogP) is 5.85. The third-order valence-electron chi connectivity index (χ3n) is 7.88. The summed E-state index contributed by atoms with van der Waals surface area (Å²) in [6, 6.07) is 1.93. The van der Waals surface area contributed by atoms with Gasteiger partial charge in [-0.05, 0) is 55.6 Å². The van der Waals surface area contributed by atoms with E-state index >= 15 is 4.39 Å². The maximum absolute atomic E-state index is 16.2. The van der Waals surface area contributed by atoms with Crippen LogP contribution in [0.25, 0.3) is 27.8 Å². The van der Waals surface area contributed by atoms with Gasteiger partial charge in [0.2, 0.25) is 0 Å². The summed E-state index contributed by atoms with van der Waals surface area (Å²) in [6.07, 6.45) is 10.8. The van der Waals surface area contributed by atoms with E-state index < -0.39 is 0 Å². The van der Waals surface area contributed by atoms with E-state index in [-0.39, 0.29) is 17.7 Å². The van der Waals surface area contributed by atoms with Gasteiger partial charge >= 0.3 is 0 Å². The first-order valence-corrected chi connectivity index (χ1v) is 12.7. The lowest BCUT2D eigenvalue weighted by Gasteiger charge is -2.34. The Hall–Kier alpha value is -3.00. The zero-order chi connectivity index (χ0) is 24.1. The van der Waals surface area contributed by atoms with Crippen LogP contribution in [0.1, 0.15) is 69.0 Å². The van der Waals surface area contributed by atoms with Gasteiger partial charge in [-0.2, -0.15) is 5.10 Å². The summed E-state index contributed by atoms with van der Waals surface area (Å²) in [7, 11) is 1.62. The highest BCUT2D eigenvalue weighted by Crippen LogP contribution is 2.43. The average molecular weight is 478 g/mol. The molecule has 0 radical (unpaired) electrons. The molecule has 0 bridgehead atoms. The summed E-state index contributed by atoms with van der Waals surface area (Å²) in [5, 5.41) is 4.94. The minimum absolute atomic E-state index is 0.112. The third-order valence-corrected chi connectivity index (χ3v) is 7.88. The molecule has 1 aliphatic carbocycles. The quantitative estimate of drug-likeness (QED) is 0.377. The molecule has 184 valence electrons. The van der Waals surface area contributed by atoms with Crippen molar-refractivity contribution in [2.45, 2.75) is 57.8 Å². The number of rotatable bonds is 6. The number of halogens is 1. The Morgan fingerprint density at radius 2 is 1.97 bits per heavy atom. The normalized spacial score (nSPS) is 21.2. The van der Waals surface area contributed by atoms with Gasteiger partial charge in [0.25, 0.3) is 0 Å². The second kappa shape index (κ2) is 8.90. The largest absolute Gasteiger partial charge is 0.493 e. The molecule has 5 heterocycles. The minimum Gasteiger partial charge on any atom is -0.493 e. The number of pyridine rings is 2. The van der Waals surface area contributed by atoms with E-state index in [1.165, 1.54) is 12.7 Å². The molecular weight excluding hydrogens is 445 g/mol. The SMILES string of the molecule is COc1cc(-c2[nH]c3cnc(C4CCC(CC5COC5)CC4)c(F)c3c2C(C)C)cn2ncnc12. The zero-order valence-corrected chi connectivity index (χ0v) is 20.6. The molecule has 0 amide bonds. The van der Waals surface area contributed by atoms with Crippen LogP contribution >= 0.6 is 0 Å². The molecule has 1 saturated carbocycles. The molecule has 0 atom stereocenters. The van der Waals surface area contributed by atoms with Crippen molar-refractivity contribution in [1.82, 2.24) is 24.6 Å². The first kappa shape index (κ1) is 22.5. The second-order valence-corrected chi connectivity index (χ2v) is 10.5. The van der Waals surface area contributed by atoms with Gasteiger partial charge < -0.3 is 14.5 Å². The summed E-state index contributed by atoms with van der Waals surface area (Å²) >= 11 is 0. The van der Waals surface area contributed by atoms with Gasteiger partial charge in [-0.15, -0.1) is 0 Å². The highest BCUT2D eigenvalue weighted by Gasteiger charge is 2.31. The van der Waals surface area contributed by atoms with Crippen molar-refractivity contribution >= 4 is 16.6 Å². The van der Waals surface area contributed by atoms with Gasteiger partial charge in [-0.1, -0.05) is 13.8 Å². The van der Waals surface area contributed by atoms with Crippen LogP contribution in [0.4, 0.5) is 4.39 Å². The number of nitrogens with one attached hydrogen (secondary N) is 1. The van der Waals surface area contributed by atoms with Crippen LogP contribution in [0, 0.1) is 17.7 Å². The molecule has 0 unspecified atom stereocenters. The van der Waals surface area contributed by atoms with Crippen LogP contribution in [-0.2, 0) is 4.74 Å². The van der Waals surface area contributed by atoms with E-state index in [0.717, 1.165) is 73.1 Å². The van der Waals surface area contributed by atoms with Gasteiger partial charge in [-0.3, -0.25) is 4.98 Å². The van der Waals surface area contributed by atoms with Crippen LogP contribution in [-0.4, -0.2) is 44.9 Å². The number of H-pyrrole nitrogens is 1. The minimum atomic E-state index is -0.168. The molecule has 6 rings (SSSR count). The molecule has 1 saturated heterocycles. The van der Waals surface area contributed by atoms with Crippen molar-refractivity contribution in [2.24, 2.45) is 11.8 Å². The van der Waals surface area contributed by atoms with Crippen molar-refractivity contribution in [3.63, 3.8) is 0 Å². The summed E-state index contributed by atoms with van der Waals surface area (Å²) in [4.78, 5) is 12.4. The van der Waals surface area contributed by atoms with Crippen molar-refractivity contribution in [3.05, 3.63) is 41.9 Å². The lowest BCUT2D eigenvalue weighted by atomic mass is 9.76. The number of nitrogens with zero attached hydrogens (tertiary/aromatic N) is 4. The summed E-state index contributed by atoms with van der Waals surface area (Å²) in [6.45, 7) is 6.03. The lowest BCUT2D eigenvalue weighted by Crippen LogP contribution is -2.30. The molecule has 0 aromatic carbocycles. The van der Waals surface area contributed by atoms with Crippen LogP contribution in [0.3, 0.4) is 0 Å².